The Kier molecular flexibility index (Phi) is 5.65. The van der Waals surface area contributed by atoms with Gasteiger partial charge in [-0.1, -0.05) is 72.8 Å². The molecule has 4 aromatic rings. The van der Waals surface area contributed by atoms with Crippen LogP contribution in [0.25, 0.3) is 22.3 Å². The van der Waals surface area contributed by atoms with Crippen LogP contribution in [0.15, 0.2) is 97.1 Å². The second-order valence-corrected chi connectivity index (χ2v) is 13.5. The average molecular weight is 502 g/mol. The van der Waals surface area contributed by atoms with E-state index in [1.165, 1.54) is 0 Å². The van der Waals surface area contributed by atoms with Crippen molar-refractivity contribution in [3.05, 3.63) is 97.1 Å². The Morgan fingerprint density at radius 3 is 1.34 bits per heavy atom. The third kappa shape index (κ3) is 3.94. The van der Waals surface area contributed by atoms with E-state index in [2.05, 4.69) is 0 Å². The Bertz CT molecular complexity index is 1400. The molecule has 35 heavy (non-hydrogen) atoms. The largest absolute Gasteiger partial charge is 0.439 e. The molecule has 0 radical (unpaired) electrons. The van der Waals surface area contributed by atoms with Gasteiger partial charge in [0.05, 0.1) is 36.1 Å². The van der Waals surface area contributed by atoms with Crippen LogP contribution in [0.5, 0.6) is 11.5 Å². The van der Waals surface area contributed by atoms with Crippen LogP contribution in [0, 0.1) is 0 Å². The molecule has 2 heterocycles. The minimum Gasteiger partial charge on any atom is -0.439 e. The van der Waals surface area contributed by atoms with E-state index < -0.39 is 14.7 Å². The molecule has 0 fully saturated rings. The summed E-state index contributed by atoms with van der Waals surface area (Å²) in [6.07, 6.45) is 0.478. The van der Waals surface area contributed by atoms with Gasteiger partial charge in [-0.25, -0.2) is 0 Å². The smallest absolute Gasteiger partial charge is 0.280 e. The molecule has 0 saturated carbocycles. The van der Waals surface area contributed by atoms with Gasteiger partial charge in [0.1, 0.15) is 11.5 Å². The first-order valence-electron chi connectivity index (χ1n) is 11.6. The maximum Gasteiger partial charge on any atom is 0.280 e. The molecule has 0 spiro atoms. The van der Waals surface area contributed by atoms with Crippen molar-refractivity contribution in [1.29, 1.82) is 0 Å². The Hall–Kier alpha value is -3.10. The Morgan fingerprint density at radius 2 is 0.886 bits per heavy atom. The molecule has 0 saturated heterocycles. The monoisotopic (exact) mass is 502 g/mol. The normalized spacial score (nSPS) is 21.5. The van der Waals surface area contributed by atoms with Crippen molar-refractivity contribution in [2.24, 2.45) is 0 Å². The fourth-order valence-electron chi connectivity index (χ4n) is 4.75. The second kappa shape index (κ2) is 8.84. The molecular formula is C28H24O5P2. The quantitative estimate of drug-likeness (QED) is 0.228. The number of benzene rings is 4. The van der Waals surface area contributed by atoms with Gasteiger partial charge in [0.15, 0.2) is 0 Å². The lowest BCUT2D eigenvalue weighted by Gasteiger charge is -2.29. The Morgan fingerprint density at radius 1 is 0.514 bits per heavy atom. The van der Waals surface area contributed by atoms with Gasteiger partial charge < -0.3 is 13.8 Å². The summed E-state index contributed by atoms with van der Waals surface area (Å²) in [5, 5.41) is 1.44. The summed E-state index contributed by atoms with van der Waals surface area (Å²) in [4.78, 5) is 0. The van der Waals surface area contributed by atoms with Gasteiger partial charge in [0.2, 0.25) is 0 Å². The molecule has 2 aliphatic rings. The third-order valence-electron chi connectivity index (χ3n) is 6.45. The summed E-state index contributed by atoms with van der Waals surface area (Å²) in [6.45, 7) is 0.456. The molecule has 0 aromatic heterocycles. The van der Waals surface area contributed by atoms with Gasteiger partial charge in [-0.3, -0.25) is 9.13 Å². The minimum atomic E-state index is -3.15. The summed E-state index contributed by atoms with van der Waals surface area (Å²) >= 11 is 0. The number of hydrogen-bond donors (Lipinski definition) is 0. The van der Waals surface area contributed by atoms with Crippen LogP contribution >= 0.6 is 14.7 Å². The Labute approximate surface area is 204 Å². The zero-order valence-corrected chi connectivity index (χ0v) is 20.8. The first kappa shape index (κ1) is 22.4. The van der Waals surface area contributed by atoms with Crippen molar-refractivity contribution in [1.82, 2.24) is 0 Å². The van der Waals surface area contributed by atoms with Crippen LogP contribution in [0.1, 0.15) is 0 Å². The maximum absolute atomic E-state index is 13.9. The zero-order chi connectivity index (χ0) is 23.9. The molecule has 5 nitrogen and oxygen atoms in total. The van der Waals surface area contributed by atoms with Gasteiger partial charge in [-0.2, -0.15) is 0 Å². The Balaban J connectivity index is 1.15. The first-order valence-corrected chi connectivity index (χ1v) is 15.2. The van der Waals surface area contributed by atoms with E-state index in [0.717, 1.165) is 32.9 Å². The van der Waals surface area contributed by atoms with E-state index in [-0.39, 0.29) is 25.5 Å². The van der Waals surface area contributed by atoms with Crippen LogP contribution < -0.4 is 19.7 Å². The molecule has 0 N–H and O–H groups in total. The fourth-order valence-corrected chi connectivity index (χ4v) is 9.06. The topological polar surface area (TPSA) is 61.8 Å². The number of fused-ring (bicyclic) bond motifs is 6. The highest BCUT2D eigenvalue weighted by molar-refractivity contribution is 7.68. The predicted octanol–water partition coefficient (Wildman–Crippen LogP) is 6.33. The molecule has 0 bridgehead atoms. The summed E-state index contributed by atoms with van der Waals surface area (Å²) in [5.74, 6) is 1.26. The van der Waals surface area contributed by atoms with Crippen molar-refractivity contribution in [3.63, 3.8) is 0 Å². The molecule has 0 amide bonds. The van der Waals surface area contributed by atoms with E-state index >= 15 is 0 Å². The number of rotatable bonds is 6. The van der Waals surface area contributed by atoms with E-state index in [4.69, 9.17) is 13.8 Å². The molecule has 4 aromatic carbocycles. The molecule has 2 aliphatic heterocycles. The highest BCUT2D eigenvalue weighted by Gasteiger charge is 2.37. The SMILES string of the molecule is O=P1(CCOCCP2(=O)Oc3ccccc3-c3ccccc32)Oc2ccccc2-c2ccccc21. The van der Waals surface area contributed by atoms with Crippen LogP contribution in [0.4, 0.5) is 0 Å². The number of ether oxygens (including phenoxy) is 1. The van der Waals surface area contributed by atoms with E-state index in [0.29, 0.717) is 11.5 Å². The van der Waals surface area contributed by atoms with Gasteiger partial charge in [0.25, 0.3) is 14.7 Å². The summed E-state index contributed by atoms with van der Waals surface area (Å²) < 4.78 is 45.7. The molecule has 176 valence electrons. The van der Waals surface area contributed by atoms with Gasteiger partial charge in [-0.15, -0.1) is 0 Å². The van der Waals surface area contributed by atoms with E-state index in [1.54, 1.807) is 0 Å². The summed E-state index contributed by atoms with van der Waals surface area (Å²) in [5.41, 5.74) is 3.77. The van der Waals surface area contributed by atoms with Crippen molar-refractivity contribution < 1.29 is 22.9 Å². The zero-order valence-electron chi connectivity index (χ0n) is 19.0. The molecule has 2 atom stereocenters. The first-order chi connectivity index (χ1) is 17.1. The minimum absolute atomic E-state index is 0.228. The van der Waals surface area contributed by atoms with Crippen molar-refractivity contribution in [2.45, 2.75) is 0 Å². The van der Waals surface area contributed by atoms with Gasteiger partial charge in [-0.05, 0) is 35.4 Å². The van der Waals surface area contributed by atoms with Crippen LogP contribution in [-0.4, -0.2) is 25.5 Å². The number of para-hydroxylation sites is 2. The van der Waals surface area contributed by atoms with Gasteiger partial charge >= 0.3 is 0 Å². The lowest BCUT2D eigenvalue weighted by atomic mass is 10.0. The highest BCUT2D eigenvalue weighted by atomic mass is 31.2. The van der Waals surface area contributed by atoms with Crippen LogP contribution in [0.3, 0.4) is 0 Å². The van der Waals surface area contributed by atoms with Crippen molar-refractivity contribution in [2.75, 3.05) is 25.5 Å². The summed E-state index contributed by atoms with van der Waals surface area (Å²) in [6, 6.07) is 30.6. The average Bonchev–Trinajstić information content (AvgIpc) is 2.89. The van der Waals surface area contributed by atoms with E-state index in [1.807, 2.05) is 97.1 Å². The highest BCUT2D eigenvalue weighted by Crippen LogP contribution is 2.55. The molecule has 2 unspecified atom stereocenters. The summed E-state index contributed by atoms with van der Waals surface area (Å²) in [7, 11) is -6.29. The molecule has 0 aliphatic carbocycles. The lowest BCUT2D eigenvalue weighted by Crippen LogP contribution is -2.23. The van der Waals surface area contributed by atoms with E-state index in [9.17, 15) is 9.13 Å². The fraction of sp³-hybridized carbons (Fsp3) is 0.143. The van der Waals surface area contributed by atoms with Crippen LogP contribution in [0.2, 0.25) is 0 Å². The second-order valence-electron chi connectivity index (χ2n) is 8.62. The molecule has 7 heteroatoms. The van der Waals surface area contributed by atoms with Gasteiger partial charge in [0, 0.05) is 11.1 Å². The predicted molar refractivity (Wildman–Crippen MR) is 140 cm³/mol. The van der Waals surface area contributed by atoms with Crippen LogP contribution in [-0.2, 0) is 13.9 Å². The van der Waals surface area contributed by atoms with Crippen molar-refractivity contribution >= 4 is 25.3 Å². The molecular weight excluding hydrogens is 478 g/mol. The lowest BCUT2D eigenvalue weighted by molar-refractivity contribution is 0.162. The maximum atomic E-state index is 13.9. The third-order valence-corrected chi connectivity index (χ3v) is 11.2. The van der Waals surface area contributed by atoms with Crippen molar-refractivity contribution in [3.8, 4) is 33.8 Å². The number of hydrogen-bond acceptors (Lipinski definition) is 5. The molecule has 6 rings (SSSR count). The standard InChI is InChI=1S/C28H24O5P2/c29-34(27-15-7-3-11-23(27)21-9-1-5-13-25(21)32-34)19-17-31-18-20-35(30)28-16-8-4-12-24(28)22-10-2-6-14-26(22)33-35/h1-16H,17-20H2.